The molecule has 0 saturated carbocycles. The second kappa shape index (κ2) is 3.64. The van der Waals surface area contributed by atoms with E-state index in [1.165, 1.54) is 20.8 Å². The molecule has 0 fully saturated rings. The predicted octanol–water partition coefficient (Wildman–Crippen LogP) is 2.80. The molecule has 1 rings (SSSR count). The molecule has 1 heterocycles. The number of halogens is 4. The molecule has 92 valence electrons. The zero-order chi connectivity index (χ0) is 12.7. The van der Waals surface area contributed by atoms with Gasteiger partial charge in [-0.3, -0.25) is 0 Å². The number of ether oxygens (including phenoxy) is 1. The fourth-order valence-corrected chi connectivity index (χ4v) is 1.29. The number of hydrogen-bond acceptors (Lipinski definition) is 2. The topological polar surface area (TPSA) is 27.1 Å². The van der Waals surface area contributed by atoms with Crippen molar-refractivity contribution in [3.05, 3.63) is 11.6 Å². The van der Waals surface area contributed by atoms with Gasteiger partial charge >= 0.3 is 6.18 Å². The zero-order valence-electron chi connectivity index (χ0n) is 9.31. The number of nitrogens with zero attached hydrogens (tertiary/aromatic N) is 2. The molecule has 0 bridgehead atoms. The van der Waals surface area contributed by atoms with Crippen LogP contribution in [-0.2, 0) is 11.7 Å². The van der Waals surface area contributed by atoms with E-state index in [-0.39, 0.29) is 0 Å². The van der Waals surface area contributed by atoms with Crippen LogP contribution in [0, 0.1) is 5.95 Å². The zero-order valence-corrected chi connectivity index (χ0v) is 9.31. The second-order valence-electron chi connectivity index (χ2n) is 4.25. The van der Waals surface area contributed by atoms with Crippen molar-refractivity contribution in [2.75, 3.05) is 7.11 Å². The molecule has 7 heteroatoms. The van der Waals surface area contributed by atoms with E-state index in [4.69, 9.17) is 0 Å². The molecule has 0 aliphatic heterocycles. The van der Waals surface area contributed by atoms with Crippen LogP contribution in [0.15, 0.2) is 0 Å². The minimum absolute atomic E-state index is 0.584. The van der Waals surface area contributed by atoms with Crippen LogP contribution in [0.4, 0.5) is 17.6 Å². The molecule has 0 amide bonds. The Labute approximate surface area is 90.0 Å². The van der Waals surface area contributed by atoms with Gasteiger partial charge < -0.3 is 4.74 Å². The van der Waals surface area contributed by atoms with Crippen LogP contribution in [0.5, 0.6) is 5.75 Å². The van der Waals surface area contributed by atoms with E-state index in [2.05, 4.69) is 9.84 Å². The highest BCUT2D eigenvalue weighted by Crippen LogP contribution is 2.39. The molecule has 0 unspecified atom stereocenters. The molecular formula is C9H12F4N2O. The number of alkyl halides is 3. The van der Waals surface area contributed by atoms with Gasteiger partial charge in [0.1, 0.15) is 0 Å². The number of hydrogen-bond donors (Lipinski definition) is 0. The van der Waals surface area contributed by atoms with Crippen molar-refractivity contribution in [1.29, 1.82) is 0 Å². The Kier molecular flexibility index (Phi) is 2.91. The summed E-state index contributed by atoms with van der Waals surface area (Å²) >= 11 is 0. The SMILES string of the molecule is COc1c(F)nn(C(C)(C)C)c1C(F)(F)F. The van der Waals surface area contributed by atoms with E-state index in [0.717, 1.165) is 7.11 Å². The Morgan fingerprint density at radius 3 is 2.00 bits per heavy atom. The van der Waals surface area contributed by atoms with Gasteiger partial charge in [0.05, 0.1) is 12.6 Å². The standard InChI is InChI=1S/C9H12F4N2O/c1-8(2,3)15-6(9(11,12)13)5(16-4)7(10)14-15/h1-4H3. The first-order chi connectivity index (χ1) is 7.09. The van der Waals surface area contributed by atoms with Crippen molar-refractivity contribution in [1.82, 2.24) is 9.78 Å². The lowest BCUT2D eigenvalue weighted by Gasteiger charge is -2.23. The van der Waals surface area contributed by atoms with E-state index in [9.17, 15) is 17.6 Å². The number of methoxy groups -OCH3 is 1. The first-order valence-corrected chi connectivity index (χ1v) is 4.49. The third-order valence-corrected chi connectivity index (χ3v) is 1.91. The van der Waals surface area contributed by atoms with E-state index >= 15 is 0 Å². The summed E-state index contributed by atoms with van der Waals surface area (Å²) in [5, 5.41) is 3.22. The lowest BCUT2D eigenvalue weighted by molar-refractivity contribution is -0.147. The smallest absolute Gasteiger partial charge is 0.436 e. The monoisotopic (exact) mass is 240 g/mol. The van der Waals surface area contributed by atoms with Gasteiger partial charge in [-0.2, -0.15) is 17.6 Å². The Hall–Kier alpha value is -1.27. The minimum Gasteiger partial charge on any atom is -0.490 e. The van der Waals surface area contributed by atoms with Crippen molar-refractivity contribution >= 4 is 0 Å². The summed E-state index contributed by atoms with van der Waals surface area (Å²) in [7, 11) is 0.975. The quantitative estimate of drug-likeness (QED) is 0.706. The highest BCUT2D eigenvalue weighted by atomic mass is 19.4. The Morgan fingerprint density at radius 2 is 1.69 bits per heavy atom. The first-order valence-electron chi connectivity index (χ1n) is 4.49. The van der Waals surface area contributed by atoms with Crippen LogP contribution in [0.25, 0.3) is 0 Å². The molecule has 0 atom stereocenters. The second-order valence-corrected chi connectivity index (χ2v) is 4.25. The van der Waals surface area contributed by atoms with Crippen LogP contribution < -0.4 is 4.74 Å². The molecule has 0 aliphatic rings. The molecule has 0 N–H and O–H groups in total. The highest BCUT2D eigenvalue weighted by molar-refractivity contribution is 5.30. The molecule has 16 heavy (non-hydrogen) atoms. The third-order valence-electron chi connectivity index (χ3n) is 1.91. The van der Waals surface area contributed by atoms with Gasteiger partial charge in [-0.25, -0.2) is 4.68 Å². The highest BCUT2D eigenvalue weighted by Gasteiger charge is 2.43. The van der Waals surface area contributed by atoms with Crippen LogP contribution in [0.1, 0.15) is 26.5 Å². The summed E-state index contributed by atoms with van der Waals surface area (Å²) < 4.78 is 56.4. The summed E-state index contributed by atoms with van der Waals surface area (Å²) in [6.45, 7) is 4.48. The van der Waals surface area contributed by atoms with E-state index in [1.54, 1.807) is 0 Å². The lowest BCUT2D eigenvalue weighted by atomic mass is 10.1. The molecule has 0 aromatic carbocycles. The third kappa shape index (κ3) is 2.12. The van der Waals surface area contributed by atoms with Gasteiger partial charge in [-0.05, 0) is 20.8 Å². The predicted molar refractivity (Wildman–Crippen MR) is 48.7 cm³/mol. The Balaban J connectivity index is 3.52. The largest absolute Gasteiger partial charge is 0.490 e. The average molecular weight is 240 g/mol. The van der Waals surface area contributed by atoms with Crippen LogP contribution in [-0.4, -0.2) is 16.9 Å². The summed E-state index contributed by atoms with van der Waals surface area (Å²) in [4.78, 5) is 0. The normalized spacial score (nSPS) is 13.0. The lowest BCUT2D eigenvalue weighted by Crippen LogP contribution is -2.29. The molecule has 1 aromatic rings. The van der Waals surface area contributed by atoms with Crippen molar-refractivity contribution < 1.29 is 22.3 Å². The number of rotatable bonds is 1. The van der Waals surface area contributed by atoms with Crippen molar-refractivity contribution in [3.8, 4) is 5.75 Å². The average Bonchev–Trinajstić information content (AvgIpc) is 2.40. The molecule has 3 nitrogen and oxygen atoms in total. The maximum Gasteiger partial charge on any atom is 0.436 e. The summed E-state index contributed by atoms with van der Waals surface area (Å²) in [5.74, 6) is -2.13. The van der Waals surface area contributed by atoms with E-state index in [0.29, 0.717) is 4.68 Å². The molecule has 0 saturated heterocycles. The van der Waals surface area contributed by atoms with Gasteiger partial charge in [0, 0.05) is 0 Å². The first kappa shape index (κ1) is 12.8. The number of aromatic nitrogens is 2. The molecule has 0 spiro atoms. The van der Waals surface area contributed by atoms with Gasteiger partial charge in [0.2, 0.25) is 5.75 Å². The van der Waals surface area contributed by atoms with Crippen LogP contribution in [0.3, 0.4) is 0 Å². The Morgan fingerprint density at radius 1 is 1.19 bits per heavy atom. The summed E-state index contributed by atoms with van der Waals surface area (Å²) in [5.41, 5.74) is -2.19. The summed E-state index contributed by atoms with van der Waals surface area (Å²) in [6, 6.07) is 0. The maximum atomic E-state index is 13.2. The molecular weight excluding hydrogens is 228 g/mol. The van der Waals surface area contributed by atoms with Crippen molar-refractivity contribution in [2.45, 2.75) is 32.5 Å². The van der Waals surface area contributed by atoms with E-state index in [1.807, 2.05) is 0 Å². The molecule has 0 aliphatic carbocycles. The van der Waals surface area contributed by atoms with Crippen LogP contribution in [0.2, 0.25) is 0 Å². The van der Waals surface area contributed by atoms with Gasteiger partial charge in [-0.1, -0.05) is 0 Å². The molecule has 1 aromatic heterocycles. The van der Waals surface area contributed by atoms with Gasteiger partial charge in [0.25, 0.3) is 5.95 Å². The van der Waals surface area contributed by atoms with Gasteiger partial charge in [0.15, 0.2) is 5.69 Å². The van der Waals surface area contributed by atoms with Crippen molar-refractivity contribution in [3.63, 3.8) is 0 Å². The van der Waals surface area contributed by atoms with Crippen LogP contribution >= 0.6 is 0 Å². The maximum absolute atomic E-state index is 13.2. The van der Waals surface area contributed by atoms with Gasteiger partial charge in [-0.15, -0.1) is 5.10 Å². The van der Waals surface area contributed by atoms with E-state index < -0.39 is 29.1 Å². The molecule has 0 radical (unpaired) electrons. The summed E-state index contributed by atoms with van der Waals surface area (Å²) in [6.07, 6.45) is -4.71. The fraction of sp³-hybridized carbons (Fsp3) is 0.667. The Bertz CT molecular complexity index is 389. The van der Waals surface area contributed by atoms with Crippen molar-refractivity contribution in [2.24, 2.45) is 0 Å². The minimum atomic E-state index is -4.71. The fourth-order valence-electron chi connectivity index (χ4n) is 1.29.